The van der Waals surface area contributed by atoms with Crippen LogP contribution < -0.4 is 5.56 Å². The molecule has 1 heterocycles. The average Bonchev–Trinajstić information content (AvgIpc) is 2.53. The third kappa shape index (κ3) is 2.99. The van der Waals surface area contributed by atoms with Gasteiger partial charge in [0.2, 0.25) is 0 Å². The van der Waals surface area contributed by atoms with Crippen molar-refractivity contribution in [2.24, 2.45) is 0 Å². The SMILES string of the molecule is CCc1nn(Cc2ccc(Cl)c(Cl)c2)c(=O)c2c(C)cccc12. The fourth-order valence-electron chi connectivity index (χ4n) is 2.75. The van der Waals surface area contributed by atoms with Crippen LogP contribution in [0.25, 0.3) is 10.8 Å². The third-order valence-corrected chi connectivity index (χ3v) is 4.66. The first-order valence-electron chi connectivity index (χ1n) is 7.44. The summed E-state index contributed by atoms with van der Waals surface area (Å²) in [5, 5.41) is 7.18. The van der Waals surface area contributed by atoms with Gasteiger partial charge in [-0.3, -0.25) is 4.79 Å². The minimum atomic E-state index is -0.0821. The van der Waals surface area contributed by atoms with E-state index in [1.807, 2.05) is 38.1 Å². The number of hydrogen-bond donors (Lipinski definition) is 0. The number of aryl methyl sites for hydroxylation is 2. The van der Waals surface area contributed by atoms with Gasteiger partial charge in [0, 0.05) is 5.39 Å². The lowest BCUT2D eigenvalue weighted by atomic mass is 10.1. The van der Waals surface area contributed by atoms with Gasteiger partial charge in [-0.25, -0.2) is 4.68 Å². The Balaban J connectivity index is 2.17. The molecule has 0 amide bonds. The highest BCUT2D eigenvalue weighted by atomic mass is 35.5. The second-order valence-corrected chi connectivity index (χ2v) is 6.32. The van der Waals surface area contributed by atoms with Crippen LogP contribution in [0.15, 0.2) is 41.2 Å². The Morgan fingerprint density at radius 1 is 1.13 bits per heavy atom. The normalized spacial score (nSPS) is 11.1. The summed E-state index contributed by atoms with van der Waals surface area (Å²) in [5.41, 5.74) is 2.70. The number of nitrogens with zero attached hydrogens (tertiary/aromatic N) is 2. The fraction of sp³-hybridized carbons (Fsp3) is 0.222. The lowest BCUT2D eigenvalue weighted by Gasteiger charge is -2.12. The lowest BCUT2D eigenvalue weighted by molar-refractivity contribution is 0.630. The molecular formula is C18H16Cl2N2O. The quantitative estimate of drug-likeness (QED) is 0.693. The van der Waals surface area contributed by atoms with Crippen molar-refractivity contribution in [1.82, 2.24) is 9.78 Å². The van der Waals surface area contributed by atoms with Gasteiger partial charge < -0.3 is 0 Å². The summed E-state index contributed by atoms with van der Waals surface area (Å²) in [5.74, 6) is 0. The van der Waals surface area contributed by atoms with Gasteiger partial charge in [0.15, 0.2) is 0 Å². The molecule has 3 rings (SSSR count). The minimum Gasteiger partial charge on any atom is -0.267 e. The highest BCUT2D eigenvalue weighted by molar-refractivity contribution is 6.42. The molecule has 0 radical (unpaired) electrons. The molecule has 3 nitrogen and oxygen atoms in total. The number of halogens is 2. The maximum atomic E-state index is 12.8. The molecule has 0 aliphatic carbocycles. The Morgan fingerprint density at radius 2 is 1.91 bits per heavy atom. The van der Waals surface area contributed by atoms with Gasteiger partial charge in [0.25, 0.3) is 5.56 Å². The van der Waals surface area contributed by atoms with Crippen LogP contribution in [0.4, 0.5) is 0 Å². The van der Waals surface area contributed by atoms with Crippen molar-refractivity contribution in [3.8, 4) is 0 Å². The van der Waals surface area contributed by atoms with E-state index in [-0.39, 0.29) is 5.56 Å². The monoisotopic (exact) mass is 346 g/mol. The van der Waals surface area contributed by atoms with Crippen molar-refractivity contribution < 1.29 is 0 Å². The average molecular weight is 347 g/mol. The van der Waals surface area contributed by atoms with Crippen LogP contribution in [0.2, 0.25) is 10.0 Å². The molecule has 0 aliphatic heterocycles. The Morgan fingerprint density at radius 3 is 2.61 bits per heavy atom. The Hall–Kier alpha value is -1.84. The molecule has 3 aromatic rings. The Labute approximate surface area is 144 Å². The van der Waals surface area contributed by atoms with E-state index in [1.165, 1.54) is 4.68 Å². The predicted octanol–water partition coefficient (Wildman–Crippen LogP) is 4.62. The zero-order valence-electron chi connectivity index (χ0n) is 12.9. The molecule has 5 heteroatoms. The van der Waals surface area contributed by atoms with E-state index < -0.39 is 0 Å². The van der Waals surface area contributed by atoms with Crippen LogP contribution in [0, 0.1) is 6.92 Å². The van der Waals surface area contributed by atoms with Crippen molar-refractivity contribution in [3.63, 3.8) is 0 Å². The van der Waals surface area contributed by atoms with E-state index in [0.717, 1.165) is 34.0 Å². The summed E-state index contributed by atoms with van der Waals surface area (Å²) in [6, 6.07) is 11.2. The molecule has 0 N–H and O–H groups in total. The summed E-state index contributed by atoms with van der Waals surface area (Å²) in [6.07, 6.45) is 0.765. The lowest BCUT2D eigenvalue weighted by Crippen LogP contribution is -2.25. The number of hydrogen-bond acceptors (Lipinski definition) is 2. The Bertz CT molecular complexity index is 948. The molecular weight excluding hydrogens is 331 g/mol. The van der Waals surface area contributed by atoms with Crippen molar-refractivity contribution >= 4 is 34.0 Å². The Kier molecular flexibility index (Phi) is 4.42. The van der Waals surface area contributed by atoms with Crippen LogP contribution in [0.1, 0.15) is 23.7 Å². The summed E-state index contributed by atoms with van der Waals surface area (Å²) in [4.78, 5) is 12.8. The largest absolute Gasteiger partial charge is 0.275 e. The van der Waals surface area contributed by atoms with Gasteiger partial charge in [-0.1, -0.05) is 54.4 Å². The summed E-state index contributed by atoms with van der Waals surface area (Å²) in [6.45, 7) is 4.36. The van der Waals surface area contributed by atoms with E-state index in [1.54, 1.807) is 12.1 Å². The first-order valence-corrected chi connectivity index (χ1v) is 8.20. The van der Waals surface area contributed by atoms with Gasteiger partial charge in [-0.15, -0.1) is 0 Å². The van der Waals surface area contributed by atoms with Crippen molar-refractivity contribution in [3.05, 3.63) is 73.6 Å². The van der Waals surface area contributed by atoms with Crippen LogP contribution >= 0.6 is 23.2 Å². The van der Waals surface area contributed by atoms with Gasteiger partial charge in [0.05, 0.1) is 27.7 Å². The predicted molar refractivity (Wildman–Crippen MR) is 95.7 cm³/mol. The molecule has 0 atom stereocenters. The van der Waals surface area contributed by atoms with E-state index in [4.69, 9.17) is 23.2 Å². The standard InChI is InChI=1S/C18H16Cl2N2O/c1-3-16-13-6-4-5-11(2)17(13)18(23)22(21-16)10-12-7-8-14(19)15(20)9-12/h4-9H,3,10H2,1-2H3. The van der Waals surface area contributed by atoms with E-state index in [2.05, 4.69) is 5.10 Å². The van der Waals surface area contributed by atoms with E-state index in [9.17, 15) is 4.79 Å². The second kappa shape index (κ2) is 6.34. The van der Waals surface area contributed by atoms with E-state index in [0.29, 0.717) is 16.6 Å². The van der Waals surface area contributed by atoms with Crippen LogP contribution in [0.5, 0.6) is 0 Å². The van der Waals surface area contributed by atoms with Gasteiger partial charge in [-0.2, -0.15) is 5.10 Å². The highest BCUT2D eigenvalue weighted by Crippen LogP contribution is 2.23. The number of fused-ring (bicyclic) bond motifs is 1. The van der Waals surface area contributed by atoms with Crippen molar-refractivity contribution in [2.45, 2.75) is 26.8 Å². The molecule has 0 bridgehead atoms. The summed E-state index contributed by atoms with van der Waals surface area (Å²) in [7, 11) is 0. The van der Waals surface area contributed by atoms with Crippen LogP contribution in [-0.4, -0.2) is 9.78 Å². The topological polar surface area (TPSA) is 34.9 Å². The van der Waals surface area contributed by atoms with Crippen LogP contribution in [-0.2, 0) is 13.0 Å². The highest BCUT2D eigenvalue weighted by Gasteiger charge is 2.12. The maximum Gasteiger partial charge on any atom is 0.275 e. The molecule has 23 heavy (non-hydrogen) atoms. The fourth-order valence-corrected chi connectivity index (χ4v) is 3.07. The smallest absolute Gasteiger partial charge is 0.267 e. The number of rotatable bonds is 3. The van der Waals surface area contributed by atoms with Crippen molar-refractivity contribution in [1.29, 1.82) is 0 Å². The van der Waals surface area contributed by atoms with Crippen molar-refractivity contribution in [2.75, 3.05) is 0 Å². The molecule has 0 unspecified atom stereocenters. The molecule has 2 aromatic carbocycles. The molecule has 118 valence electrons. The first kappa shape index (κ1) is 16.0. The summed E-state index contributed by atoms with van der Waals surface area (Å²) >= 11 is 12.0. The molecule has 0 saturated heterocycles. The second-order valence-electron chi connectivity index (χ2n) is 5.51. The minimum absolute atomic E-state index is 0.0821. The molecule has 0 fully saturated rings. The maximum absolute atomic E-state index is 12.8. The first-order chi connectivity index (χ1) is 11.0. The zero-order chi connectivity index (χ0) is 16.6. The van der Waals surface area contributed by atoms with Gasteiger partial charge in [0.1, 0.15) is 0 Å². The molecule has 0 saturated carbocycles. The van der Waals surface area contributed by atoms with Gasteiger partial charge in [-0.05, 0) is 36.6 Å². The van der Waals surface area contributed by atoms with Crippen LogP contribution in [0.3, 0.4) is 0 Å². The number of aromatic nitrogens is 2. The molecule has 0 aliphatic rings. The molecule has 1 aromatic heterocycles. The third-order valence-electron chi connectivity index (χ3n) is 3.92. The molecule has 0 spiro atoms. The summed E-state index contributed by atoms with van der Waals surface area (Å²) < 4.78 is 1.51. The van der Waals surface area contributed by atoms with E-state index >= 15 is 0 Å². The van der Waals surface area contributed by atoms with Gasteiger partial charge >= 0.3 is 0 Å². The number of benzene rings is 2. The zero-order valence-corrected chi connectivity index (χ0v) is 14.4.